The van der Waals surface area contributed by atoms with Crippen LogP contribution in [-0.2, 0) is 14.0 Å². The molecule has 0 aromatic heterocycles. The minimum absolute atomic E-state index is 0.292. The van der Waals surface area contributed by atoms with Crippen molar-refractivity contribution in [3.05, 3.63) is 24.3 Å². The molecule has 0 aromatic rings. The quantitative estimate of drug-likeness (QED) is 0.489. The Balaban J connectivity index is 4.78. The van der Waals surface area contributed by atoms with Crippen molar-refractivity contribution in [3.8, 4) is 0 Å². The highest BCUT2D eigenvalue weighted by Crippen LogP contribution is 2.54. The summed E-state index contributed by atoms with van der Waals surface area (Å²) in [5.74, 6) is -1.42. The molecule has 0 aliphatic rings. The van der Waals surface area contributed by atoms with E-state index in [1.807, 2.05) is 27.7 Å². The Bertz CT molecular complexity index is 321. The molecule has 0 aliphatic heterocycles. The number of hydrogen-bond acceptors (Lipinski definition) is 3. The molecule has 2 unspecified atom stereocenters. The molecule has 4 nitrogen and oxygen atoms in total. The van der Waals surface area contributed by atoms with E-state index in [0.29, 0.717) is 26.1 Å². The molecule has 0 radical (unpaired) electrons. The summed E-state index contributed by atoms with van der Waals surface area (Å²) in [7, 11) is -3.55. The van der Waals surface area contributed by atoms with Crippen molar-refractivity contribution in [1.29, 1.82) is 0 Å². The SMILES string of the molecule is C=C(C)COC(CC)P(=O)(O)C(CC)OCC(=C)C. The lowest BCUT2D eigenvalue weighted by Gasteiger charge is -2.28. The average Bonchev–Trinajstić information content (AvgIpc) is 2.29. The Morgan fingerprint density at radius 3 is 1.58 bits per heavy atom. The Hall–Kier alpha value is -0.410. The molecule has 0 aliphatic carbocycles. The van der Waals surface area contributed by atoms with Crippen LogP contribution in [0.3, 0.4) is 0 Å². The Labute approximate surface area is 117 Å². The maximum absolute atomic E-state index is 12.5. The molecule has 0 saturated heterocycles. The first-order valence-corrected chi connectivity index (χ1v) is 8.39. The van der Waals surface area contributed by atoms with Gasteiger partial charge in [-0.3, -0.25) is 4.57 Å². The predicted octanol–water partition coefficient (Wildman–Crippen LogP) is 3.91. The van der Waals surface area contributed by atoms with Gasteiger partial charge in [0.2, 0.25) is 0 Å². The lowest BCUT2D eigenvalue weighted by Crippen LogP contribution is -2.24. The van der Waals surface area contributed by atoms with E-state index >= 15 is 0 Å². The molecule has 0 aromatic carbocycles. The van der Waals surface area contributed by atoms with Crippen LogP contribution < -0.4 is 0 Å². The van der Waals surface area contributed by atoms with E-state index in [-0.39, 0.29) is 0 Å². The molecule has 0 amide bonds. The Kier molecular flexibility index (Phi) is 8.51. The van der Waals surface area contributed by atoms with E-state index in [1.54, 1.807) is 0 Å². The first kappa shape index (κ1) is 18.6. The molecule has 0 heterocycles. The summed E-state index contributed by atoms with van der Waals surface area (Å²) in [5.41, 5.74) is 1.66. The van der Waals surface area contributed by atoms with Gasteiger partial charge in [-0.1, -0.05) is 38.2 Å². The molecule has 0 rings (SSSR count). The van der Waals surface area contributed by atoms with Gasteiger partial charge in [0.1, 0.15) is 11.7 Å². The van der Waals surface area contributed by atoms with E-state index in [9.17, 15) is 9.46 Å². The van der Waals surface area contributed by atoms with Crippen LogP contribution in [0.2, 0.25) is 0 Å². The zero-order valence-corrected chi connectivity index (χ0v) is 13.4. The fourth-order valence-electron chi connectivity index (χ4n) is 1.63. The van der Waals surface area contributed by atoms with Crippen molar-refractivity contribution in [1.82, 2.24) is 0 Å². The minimum atomic E-state index is -3.55. The zero-order valence-electron chi connectivity index (χ0n) is 12.5. The lowest BCUT2D eigenvalue weighted by atomic mass is 10.4. The van der Waals surface area contributed by atoms with Crippen LogP contribution in [0.15, 0.2) is 24.3 Å². The molecule has 0 fully saturated rings. The first-order chi connectivity index (χ1) is 8.75. The molecule has 1 N–H and O–H groups in total. The summed E-state index contributed by atoms with van der Waals surface area (Å²) < 4.78 is 23.5. The molecule has 0 saturated carbocycles. The van der Waals surface area contributed by atoms with Gasteiger partial charge < -0.3 is 14.4 Å². The minimum Gasteiger partial charge on any atom is -0.364 e. The van der Waals surface area contributed by atoms with Crippen LogP contribution in [0.4, 0.5) is 0 Å². The van der Waals surface area contributed by atoms with Gasteiger partial charge in [0.25, 0.3) is 7.37 Å². The number of ether oxygens (including phenoxy) is 2. The smallest absolute Gasteiger partial charge is 0.256 e. The van der Waals surface area contributed by atoms with Crippen LogP contribution >= 0.6 is 7.37 Å². The summed E-state index contributed by atoms with van der Waals surface area (Å²) in [6, 6.07) is 0. The normalized spacial score (nSPS) is 17.5. The van der Waals surface area contributed by atoms with Gasteiger partial charge in [0.15, 0.2) is 0 Å². The van der Waals surface area contributed by atoms with E-state index < -0.39 is 19.1 Å². The van der Waals surface area contributed by atoms with Gasteiger partial charge in [-0.05, 0) is 26.7 Å². The van der Waals surface area contributed by atoms with E-state index in [2.05, 4.69) is 13.2 Å². The highest BCUT2D eigenvalue weighted by atomic mass is 31.2. The highest BCUT2D eigenvalue weighted by molar-refractivity contribution is 7.59. The van der Waals surface area contributed by atoms with Crippen LogP contribution in [-0.4, -0.2) is 29.8 Å². The molecule has 5 heteroatoms. The first-order valence-electron chi connectivity index (χ1n) is 6.59. The fourth-order valence-corrected chi connectivity index (χ4v) is 3.63. The Morgan fingerprint density at radius 1 is 1.05 bits per heavy atom. The average molecular weight is 290 g/mol. The molecule has 0 spiro atoms. The van der Waals surface area contributed by atoms with Crippen molar-refractivity contribution in [2.24, 2.45) is 0 Å². The summed E-state index contributed by atoms with van der Waals surface area (Å²) in [5, 5.41) is 0. The second-order valence-electron chi connectivity index (χ2n) is 4.93. The van der Waals surface area contributed by atoms with Gasteiger partial charge >= 0.3 is 0 Å². The standard InChI is InChI=1S/C14H27O4P/c1-7-13(17-9-11(3)4)19(15,16)14(8-2)18-10-12(5)6/h13-14H,3,5,7-10H2,1-2,4,6H3,(H,15,16). The molecule has 2 atom stereocenters. The highest BCUT2D eigenvalue weighted by Gasteiger charge is 2.38. The van der Waals surface area contributed by atoms with Crippen LogP contribution in [0, 0.1) is 0 Å². The van der Waals surface area contributed by atoms with E-state index in [4.69, 9.17) is 9.47 Å². The third kappa shape index (κ3) is 6.53. The summed E-state index contributed by atoms with van der Waals surface area (Å²) >= 11 is 0. The summed E-state index contributed by atoms with van der Waals surface area (Å²) in [6.07, 6.45) is 0.933. The van der Waals surface area contributed by atoms with Gasteiger partial charge in [-0.25, -0.2) is 0 Å². The predicted molar refractivity (Wildman–Crippen MR) is 79.5 cm³/mol. The molecule has 112 valence electrons. The maximum Gasteiger partial charge on any atom is 0.256 e. The topological polar surface area (TPSA) is 55.8 Å². The van der Waals surface area contributed by atoms with Crippen molar-refractivity contribution >= 4 is 7.37 Å². The summed E-state index contributed by atoms with van der Waals surface area (Å²) in [6.45, 7) is 15.3. The van der Waals surface area contributed by atoms with Gasteiger partial charge in [0.05, 0.1) is 13.2 Å². The number of rotatable bonds is 10. The fraction of sp³-hybridized carbons (Fsp3) is 0.714. The van der Waals surface area contributed by atoms with Gasteiger partial charge in [-0.2, -0.15) is 0 Å². The van der Waals surface area contributed by atoms with Crippen LogP contribution in [0.5, 0.6) is 0 Å². The third-order valence-electron chi connectivity index (χ3n) is 2.57. The van der Waals surface area contributed by atoms with Crippen LogP contribution in [0.1, 0.15) is 40.5 Å². The van der Waals surface area contributed by atoms with E-state index in [0.717, 1.165) is 11.1 Å². The summed E-state index contributed by atoms with van der Waals surface area (Å²) in [4.78, 5) is 10.3. The monoisotopic (exact) mass is 290 g/mol. The number of hydrogen-bond donors (Lipinski definition) is 1. The van der Waals surface area contributed by atoms with Gasteiger partial charge in [0, 0.05) is 0 Å². The van der Waals surface area contributed by atoms with E-state index in [1.165, 1.54) is 0 Å². The zero-order chi connectivity index (χ0) is 15.1. The van der Waals surface area contributed by atoms with Gasteiger partial charge in [-0.15, -0.1) is 0 Å². The largest absolute Gasteiger partial charge is 0.364 e. The van der Waals surface area contributed by atoms with Crippen molar-refractivity contribution in [3.63, 3.8) is 0 Å². The van der Waals surface area contributed by atoms with Crippen molar-refractivity contribution in [2.75, 3.05) is 13.2 Å². The molecule has 0 bridgehead atoms. The van der Waals surface area contributed by atoms with Crippen molar-refractivity contribution in [2.45, 2.75) is 52.2 Å². The molecular formula is C14H27O4P. The van der Waals surface area contributed by atoms with Crippen LogP contribution in [0.25, 0.3) is 0 Å². The molecular weight excluding hydrogens is 263 g/mol. The third-order valence-corrected chi connectivity index (χ3v) is 5.25. The Morgan fingerprint density at radius 2 is 1.37 bits per heavy atom. The maximum atomic E-state index is 12.5. The second kappa shape index (κ2) is 8.70. The lowest BCUT2D eigenvalue weighted by molar-refractivity contribution is 0.0781. The van der Waals surface area contributed by atoms with Crippen molar-refractivity contribution < 1.29 is 18.9 Å². The second-order valence-corrected chi connectivity index (χ2v) is 7.43. The molecule has 19 heavy (non-hydrogen) atoms.